The van der Waals surface area contributed by atoms with Gasteiger partial charge < -0.3 is 15.9 Å². The third-order valence-electron chi connectivity index (χ3n) is 5.62. The molecule has 0 saturated carbocycles. The zero-order valence-corrected chi connectivity index (χ0v) is 17.1. The van der Waals surface area contributed by atoms with E-state index in [4.69, 9.17) is 15.9 Å². The molecule has 0 bridgehead atoms. The highest BCUT2D eigenvalue weighted by molar-refractivity contribution is 5.70. The fourth-order valence-electron chi connectivity index (χ4n) is 3.93. The highest BCUT2D eigenvalue weighted by atomic mass is 16.4. The number of hydrogen-bond donors (Lipinski definition) is 3. The fraction of sp³-hybridized carbons (Fsp3) is 0.783. The molecule has 1 aliphatic carbocycles. The molecule has 4 nitrogen and oxygen atoms in total. The third kappa shape index (κ3) is 12.0. The molecule has 156 valence electrons. The zero-order valence-electron chi connectivity index (χ0n) is 17.1. The number of aliphatic hydroxyl groups excluding tert-OH is 1. The van der Waals surface area contributed by atoms with E-state index >= 15 is 0 Å². The number of carboxylic acid groups (broad SMARTS) is 1. The Bertz CT molecular complexity index is 445. The van der Waals surface area contributed by atoms with E-state index in [0.29, 0.717) is 19.3 Å². The monoisotopic (exact) mass is 379 g/mol. The first-order valence-corrected chi connectivity index (χ1v) is 11.1. The van der Waals surface area contributed by atoms with Gasteiger partial charge in [-0.25, -0.2) is 0 Å². The van der Waals surface area contributed by atoms with Crippen LogP contribution in [0.25, 0.3) is 0 Å². The van der Waals surface area contributed by atoms with Crippen molar-refractivity contribution < 1.29 is 15.0 Å². The molecule has 0 aliphatic heterocycles. The summed E-state index contributed by atoms with van der Waals surface area (Å²) in [5, 5.41) is 17.9. The molecule has 0 saturated heterocycles. The van der Waals surface area contributed by atoms with Crippen LogP contribution in [0.4, 0.5) is 0 Å². The van der Waals surface area contributed by atoms with Gasteiger partial charge in [0.15, 0.2) is 0 Å². The molecule has 0 radical (unpaired) electrons. The van der Waals surface area contributed by atoms with E-state index in [1.165, 1.54) is 57.8 Å². The topological polar surface area (TPSA) is 83.5 Å². The highest BCUT2D eigenvalue weighted by Crippen LogP contribution is 2.29. The first-order valence-electron chi connectivity index (χ1n) is 11.1. The van der Waals surface area contributed by atoms with E-state index < -0.39 is 5.97 Å². The molecule has 0 aromatic rings. The Hall–Kier alpha value is -1.13. The molecule has 27 heavy (non-hydrogen) atoms. The normalized spacial score (nSPS) is 18.1. The van der Waals surface area contributed by atoms with Crippen molar-refractivity contribution in [1.82, 2.24) is 0 Å². The number of aliphatic carboxylic acids is 1. The molecule has 0 amide bonds. The first kappa shape index (κ1) is 23.9. The van der Waals surface area contributed by atoms with Crippen LogP contribution in [-0.4, -0.2) is 29.3 Å². The summed E-state index contributed by atoms with van der Waals surface area (Å²) < 4.78 is 0. The molecule has 4 heteroatoms. The van der Waals surface area contributed by atoms with Gasteiger partial charge in [0, 0.05) is 6.61 Å². The molecular formula is C23H41NO3. The van der Waals surface area contributed by atoms with Crippen LogP contribution in [0.1, 0.15) is 89.9 Å². The van der Waals surface area contributed by atoms with E-state index in [9.17, 15) is 4.79 Å². The minimum absolute atomic E-state index is 0.0696. The van der Waals surface area contributed by atoms with Gasteiger partial charge in [-0.2, -0.15) is 0 Å². The summed E-state index contributed by atoms with van der Waals surface area (Å²) in [6, 6.07) is 0. The van der Waals surface area contributed by atoms with Crippen LogP contribution >= 0.6 is 0 Å². The fourth-order valence-corrected chi connectivity index (χ4v) is 3.93. The van der Waals surface area contributed by atoms with Crippen LogP contribution in [0, 0.1) is 11.8 Å². The Balaban J connectivity index is 1.93. The quantitative estimate of drug-likeness (QED) is 0.239. The molecule has 1 rings (SSSR count). The van der Waals surface area contributed by atoms with Crippen molar-refractivity contribution in [3.8, 4) is 0 Å². The molecule has 0 aromatic heterocycles. The standard InChI is InChI=1S/C23H41NO3/c24-17-16-21-15-14-20(19-21)11-8-6-4-2-1-3-5-7-9-12-22(23(26)27)13-10-18-25/h7,9,19-20,22,25H,1-6,8,10-18,24H2,(H,26,27). The number of allylic oxidation sites excluding steroid dienone is 3. The molecule has 0 aromatic carbocycles. The van der Waals surface area contributed by atoms with Crippen molar-refractivity contribution in [2.45, 2.75) is 89.9 Å². The maximum absolute atomic E-state index is 11.1. The maximum Gasteiger partial charge on any atom is 0.306 e. The lowest BCUT2D eigenvalue weighted by Gasteiger charge is -2.08. The summed E-state index contributed by atoms with van der Waals surface area (Å²) in [5.74, 6) is -0.296. The SMILES string of the molecule is NCCC1=CC(CCCCCCCCC=CCC(CCCO)C(=O)O)CC1. The number of hydrogen-bond acceptors (Lipinski definition) is 3. The largest absolute Gasteiger partial charge is 0.481 e. The van der Waals surface area contributed by atoms with Crippen molar-refractivity contribution in [2.24, 2.45) is 17.6 Å². The van der Waals surface area contributed by atoms with Crippen molar-refractivity contribution in [1.29, 1.82) is 0 Å². The molecular weight excluding hydrogens is 338 g/mol. The molecule has 0 heterocycles. The number of nitrogens with two attached hydrogens (primary N) is 1. The Kier molecular flexibility index (Phi) is 14.1. The van der Waals surface area contributed by atoms with Crippen molar-refractivity contribution in [3.63, 3.8) is 0 Å². The van der Waals surface area contributed by atoms with Crippen LogP contribution in [-0.2, 0) is 4.79 Å². The summed E-state index contributed by atoms with van der Waals surface area (Å²) in [4.78, 5) is 11.1. The van der Waals surface area contributed by atoms with Gasteiger partial charge in [-0.05, 0) is 70.3 Å². The Morgan fingerprint density at radius 3 is 2.59 bits per heavy atom. The second kappa shape index (κ2) is 15.9. The predicted octanol–water partition coefficient (Wildman–Crippen LogP) is 5.21. The number of aliphatic hydroxyl groups is 1. The van der Waals surface area contributed by atoms with Gasteiger partial charge in [0.1, 0.15) is 0 Å². The molecule has 4 N–H and O–H groups in total. The lowest BCUT2D eigenvalue weighted by molar-refractivity contribution is -0.141. The Labute approximate surface area is 165 Å². The van der Waals surface area contributed by atoms with Crippen molar-refractivity contribution in [2.75, 3.05) is 13.2 Å². The third-order valence-corrected chi connectivity index (χ3v) is 5.62. The smallest absolute Gasteiger partial charge is 0.306 e. The van der Waals surface area contributed by atoms with Crippen molar-refractivity contribution in [3.05, 3.63) is 23.8 Å². The van der Waals surface area contributed by atoms with Crippen LogP contribution < -0.4 is 5.73 Å². The highest BCUT2D eigenvalue weighted by Gasteiger charge is 2.15. The second-order valence-electron chi connectivity index (χ2n) is 7.97. The average molecular weight is 380 g/mol. The van der Waals surface area contributed by atoms with Gasteiger partial charge in [0.2, 0.25) is 0 Å². The van der Waals surface area contributed by atoms with Crippen LogP contribution in [0.15, 0.2) is 23.8 Å². The summed E-state index contributed by atoms with van der Waals surface area (Å²) in [6.45, 7) is 0.859. The summed E-state index contributed by atoms with van der Waals surface area (Å²) in [6.07, 6.45) is 22.2. The minimum atomic E-state index is -0.753. The molecule has 0 fully saturated rings. The molecule has 2 unspecified atom stereocenters. The maximum atomic E-state index is 11.1. The van der Waals surface area contributed by atoms with Gasteiger partial charge in [-0.15, -0.1) is 0 Å². The predicted molar refractivity (Wildman–Crippen MR) is 113 cm³/mol. The first-order chi connectivity index (χ1) is 13.2. The van der Waals surface area contributed by atoms with E-state index in [1.54, 1.807) is 5.57 Å². The number of rotatable bonds is 17. The van der Waals surface area contributed by atoms with Gasteiger partial charge in [-0.3, -0.25) is 4.79 Å². The lowest BCUT2D eigenvalue weighted by atomic mass is 9.99. The van der Waals surface area contributed by atoms with Crippen LogP contribution in [0.3, 0.4) is 0 Å². The molecule has 0 spiro atoms. The summed E-state index contributed by atoms with van der Waals surface area (Å²) in [7, 11) is 0. The second-order valence-corrected chi connectivity index (χ2v) is 7.97. The van der Waals surface area contributed by atoms with Crippen molar-refractivity contribution >= 4 is 5.97 Å². The molecule has 2 atom stereocenters. The van der Waals surface area contributed by atoms with Crippen LogP contribution in [0.2, 0.25) is 0 Å². The van der Waals surface area contributed by atoms with E-state index in [1.807, 2.05) is 6.08 Å². The van der Waals surface area contributed by atoms with E-state index in [0.717, 1.165) is 25.3 Å². The van der Waals surface area contributed by atoms with Gasteiger partial charge in [0.25, 0.3) is 0 Å². The number of carbonyl (C=O) groups is 1. The van der Waals surface area contributed by atoms with E-state index in [-0.39, 0.29) is 12.5 Å². The summed E-state index contributed by atoms with van der Waals surface area (Å²) in [5.41, 5.74) is 7.21. The Morgan fingerprint density at radius 2 is 1.89 bits per heavy atom. The zero-order chi connectivity index (χ0) is 19.7. The lowest BCUT2D eigenvalue weighted by Crippen LogP contribution is -2.13. The summed E-state index contributed by atoms with van der Waals surface area (Å²) >= 11 is 0. The Morgan fingerprint density at radius 1 is 1.15 bits per heavy atom. The average Bonchev–Trinajstić information content (AvgIpc) is 3.09. The van der Waals surface area contributed by atoms with Crippen LogP contribution in [0.5, 0.6) is 0 Å². The minimum Gasteiger partial charge on any atom is -0.481 e. The number of carboxylic acids is 1. The van der Waals surface area contributed by atoms with Gasteiger partial charge in [-0.1, -0.05) is 55.9 Å². The van der Waals surface area contributed by atoms with E-state index in [2.05, 4.69) is 12.2 Å². The van der Waals surface area contributed by atoms with Gasteiger partial charge in [0.05, 0.1) is 5.92 Å². The number of unbranched alkanes of at least 4 members (excludes halogenated alkanes) is 6. The molecule has 1 aliphatic rings. The van der Waals surface area contributed by atoms with Gasteiger partial charge >= 0.3 is 5.97 Å².